The summed E-state index contributed by atoms with van der Waals surface area (Å²) in [4.78, 5) is 17.3. The van der Waals surface area contributed by atoms with E-state index in [4.69, 9.17) is 72.5 Å². The zero-order chi connectivity index (χ0) is 31.2. The Bertz CT molecular complexity index is 728. The van der Waals surface area contributed by atoms with Crippen molar-refractivity contribution in [1.82, 2.24) is 0 Å². The molecule has 10 N–H and O–H groups in total. The zero-order valence-electron chi connectivity index (χ0n) is 22.3. The number of aliphatic hydroxyl groups is 5. The van der Waals surface area contributed by atoms with E-state index in [0.29, 0.717) is 6.61 Å². The predicted molar refractivity (Wildman–Crippen MR) is 144 cm³/mol. The number of nitrogens with zero attached hydrogens (tertiary/aromatic N) is 1. The van der Waals surface area contributed by atoms with E-state index in [2.05, 4.69) is 20.1 Å². The normalized spacial score (nSPS) is 20.1. The maximum atomic E-state index is 10.8. The van der Waals surface area contributed by atoms with E-state index in [0.717, 1.165) is 6.66 Å². The molecule has 0 radical (unpaired) electrons. The highest BCUT2D eigenvalue weighted by molar-refractivity contribution is 8.08. The molecular weight excluding hydrogens is 638 g/mol. The summed E-state index contributed by atoms with van der Waals surface area (Å²) in [6.45, 7) is 9.85. The van der Waals surface area contributed by atoms with Crippen LogP contribution < -0.4 is 0 Å². The second-order valence-electron chi connectivity index (χ2n) is 7.31. The van der Waals surface area contributed by atoms with E-state index in [1.54, 1.807) is 0 Å². The Balaban J connectivity index is -0.000000132. The first-order valence-electron chi connectivity index (χ1n) is 10.4. The molecule has 17 nitrogen and oxygen atoms in total. The molecule has 1 aliphatic heterocycles. The number of rotatable bonds is 11. The Morgan fingerprint density at radius 2 is 1.36 bits per heavy atom. The Hall–Kier alpha value is 0.240. The van der Waals surface area contributed by atoms with Gasteiger partial charge in [-0.1, -0.05) is 0 Å². The molecule has 1 fully saturated rings. The first-order chi connectivity index (χ1) is 17.1. The lowest BCUT2D eigenvalue weighted by molar-refractivity contribution is -0.142. The molecule has 5 atom stereocenters. The molecular formula is C17H43Cl2NO16P3+. The third-order valence-electron chi connectivity index (χ3n) is 2.92. The molecule has 1 heterocycles. The van der Waals surface area contributed by atoms with Crippen LogP contribution >= 0.6 is 43.7 Å². The Morgan fingerprint density at radius 3 is 1.59 bits per heavy atom. The quantitative estimate of drug-likeness (QED) is 0.114. The summed E-state index contributed by atoms with van der Waals surface area (Å²) in [5.74, 6) is -3.19. The predicted octanol–water partition coefficient (Wildman–Crippen LogP) is 0.299. The smallest absolute Gasteiger partial charge is 0.457 e. The molecule has 0 saturated carbocycles. The fourth-order valence-corrected chi connectivity index (χ4v) is 2.77. The summed E-state index contributed by atoms with van der Waals surface area (Å²) in [6, 6.07) is 0. The Morgan fingerprint density at radius 1 is 0.974 bits per heavy atom. The first-order valence-corrected chi connectivity index (χ1v) is 17.9. The van der Waals surface area contributed by atoms with E-state index in [1.807, 2.05) is 13.8 Å². The zero-order valence-corrected chi connectivity index (χ0v) is 26.5. The average Bonchev–Trinajstić information content (AvgIpc) is 3.15. The van der Waals surface area contributed by atoms with Crippen molar-refractivity contribution in [1.29, 1.82) is 5.26 Å². The van der Waals surface area contributed by atoms with Crippen LogP contribution in [0.25, 0.3) is 0 Å². The van der Waals surface area contributed by atoms with E-state index in [9.17, 15) is 13.7 Å². The molecule has 1 saturated heterocycles. The molecule has 0 aliphatic carbocycles. The molecule has 1 aliphatic rings. The number of hydrogen-bond acceptors (Lipinski definition) is 14. The summed E-state index contributed by atoms with van der Waals surface area (Å²) in [5.41, 5.74) is 0. The number of hydrogen-bond donors (Lipinski definition) is 7. The molecule has 39 heavy (non-hydrogen) atoms. The highest BCUT2D eigenvalue weighted by Gasteiger charge is 2.31. The van der Waals surface area contributed by atoms with Crippen molar-refractivity contribution < 1.29 is 77.5 Å². The number of phosphoric ester groups is 1. The van der Waals surface area contributed by atoms with Crippen molar-refractivity contribution in [2.45, 2.75) is 44.9 Å². The van der Waals surface area contributed by atoms with Gasteiger partial charge in [0.25, 0.3) is 0 Å². The maximum absolute atomic E-state index is 10.8. The molecule has 0 amide bonds. The minimum absolute atomic E-state index is 0. The van der Waals surface area contributed by atoms with Gasteiger partial charge in [-0.05, 0) is 43.3 Å². The van der Waals surface area contributed by atoms with Crippen molar-refractivity contribution in [3.63, 3.8) is 0 Å². The van der Waals surface area contributed by atoms with Crippen LogP contribution in [0.2, 0.25) is 0 Å². The van der Waals surface area contributed by atoms with Crippen molar-refractivity contribution >= 4 is 43.7 Å². The lowest BCUT2D eigenvalue weighted by Crippen LogP contribution is -2.22. The van der Waals surface area contributed by atoms with Crippen LogP contribution in [0.5, 0.6) is 0 Å². The summed E-state index contributed by atoms with van der Waals surface area (Å²) in [7, 11) is -7.53. The SMILES string of the molecule is C#N.CC1(C)OCC(CO)O1.CCOP(=O)(O)OCC(O)CO.CP(=O)(Cl)Cl.CP(=O)(O)OCC(O)CO.[OH3+]. The van der Waals surface area contributed by atoms with Crippen molar-refractivity contribution in [3.8, 4) is 6.57 Å². The molecule has 1 rings (SSSR count). The van der Waals surface area contributed by atoms with Gasteiger partial charge in [0.1, 0.15) is 18.3 Å². The van der Waals surface area contributed by atoms with E-state index < -0.39 is 59.1 Å². The molecule has 0 bridgehead atoms. The van der Waals surface area contributed by atoms with Crippen molar-refractivity contribution in [2.24, 2.45) is 0 Å². The van der Waals surface area contributed by atoms with Gasteiger partial charge in [-0.2, -0.15) is 0 Å². The molecule has 22 heteroatoms. The summed E-state index contributed by atoms with van der Waals surface area (Å²) in [6.07, 6.45) is -2.37. The first kappa shape index (κ1) is 48.9. The van der Waals surface area contributed by atoms with Crippen LogP contribution in [-0.4, -0.2) is 119 Å². The number of ether oxygens (including phenoxy) is 2. The highest BCUT2D eigenvalue weighted by Crippen LogP contribution is 2.52. The molecule has 0 aromatic carbocycles. The summed E-state index contributed by atoms with van der Waals surface area (Å²) >= 11 is 9.70. The standard InChI is InChI=1S/C6H12O3.C5H13O6P.C4H11O5P.CH3Cl2OP.CHN.H2O/c1-6(2)8-4-5(3-7)9-6;1-2-10-12(8,9)11-4-5(7)3-6;1-10(7,8)9-3-4(6)2-5;1-5(2,3)4;1-2;/h5,7H,3-4H2,1-2H3;5-7H,2-4H2,1H3,(H,8,9);4-6H,2-3H2,1H3,(H,7,8);1H3;1H;1H2/p+1. The van der Waals surface area contributed by atoms with Crippen LogP contribution in [0.4, 0.5) is 0 Å². The van der Waals surface area contributed by atoms with E-state index in [1.165, 1.54) is 13.6 Å². The molecule has 0 spiro atoms. The maximum Gasteiger partial charge on any atom is 0.472 e. The fraction of sp³-hybridized carbons (Fsp3) is 0.941. The van der Waals surface area contributed by atoms with Gasteiger partial charge in [-0.15, -0.1) is 0 Å². The number of aliphatic hydroxyl groups excluding tert-OH is 5. The Labute approximate surface area is 237 Å². The number of halogens is 2. The van der Waals surface area contributed by atoms with Gasteiger partial charge in [0.2, 0.25) is 5.85 Å². The summed E-state index contributed by atoms with van der Waals surface area (Å²) < 4.78 is 54.2. The van der Waals surface area contributed by atoms with Crippen LogP contribution in [0, 0.1) is 11.8 Å². The molecule has 0 aromatic rings. The van der Waals surface area contributed by atoms with Crippen molar-refractivity contribution in [3.05, 3.63) is 0 Å². The number of phosphoric acid groups is 1. The minimum atomic E-state index is -4.03. The van der Waals surface area contributed by atoms with E-state index >= 15 is 0 Å². The van der Waals surface area contributed by atoms with Gasteiger partial charge >= 0.3 is 15.4 Å². The third kappa shape index (κ3) is 45.5. The minimum Gasteiger partial charge on any atom is -0.457 e. The van der Waals surface area contributed by atoms with Gasteiger partial charge in [0, 0.05) is 19.9 Å². The van der Waals surface area contributed by atoms with Gasteiger partial charge < -0.3 is 54.8 Å². The highest BCUT2D eigenvalue weighted by atomic mass is 35.9. The summed E-state index contributed by atoms with van der Waals surface area (Å²) in [5, 5.41) is 49.0. The monoisotopic (exact) mass is 680 g/mol. The van der Waals surface area contributed by atoms with Gasteiger partial charge in [0.05, 0.1) is 46.2 Å². The lowest BCUT2D eigenvalue weighted by atomic mass is 10.4. The average molecular weight is 681 g/mol. The third-order valence-corrected chi connectivity index (χ3v) is 4.61. The second-order valence-corrected chi connectivity index (χ2v) is 16.5. The largest absolute Gasteiger partial charge is 0.472 e. The second kappa shape index (κ2) is 25.9. The van der Waals surface area contributed by atoms with Crippen LogP contribution in [0.15, 0.2) is 0 Å². The van der Waals surface area contributed by atoms with Crippen molar-refractivity contribution in [2.75, 3.05) is 59.6 Å². The fourth-order valence-electron chi connectivity index (χ4n) is 1.56. The van der Waals surface area contributed by atoms with Crippen LogP contribution in [0.3, 0.4) is 0 Å². The molecule has 240 valence electrons. The number of nitriles is 1. The van der Waals surface area contributed by atoms with Gasteiger partial charge in [-0.25, -0.2) is 9.83 Å². The van der Waals surface area contributed by atoms with Gasteiger partial charge in [0.15, 0.2) is 5.79 Å². The lowest BCUT2D eigenvalue weighted by Gasteiger charge is -2.15. The molecule has 0 aromatic heterocycles. The van der Waals surface area contributed by atoms with Gasteiger partial charge in [-0.3, -0.25) is 18.2 Å². The molecule has 5 unspecified atom stereocenters. The van der Waals surface area contributed by atoms with Crippen LogP contribution in [-0.2, 0) is 42.2 Å². The van der Waals surface area contributed by atoms with Crippen LogP contribution in [0.1, 0.15) is 20.8 Å². The Kier molecular flexibility index (Phi) is 32.5. The van der Waals surface area contributed by atoms with E-state index in [-0.39, 0.29) is 31.4 Å². The topological polar surface area (TPSA) is 296 Å².